The first-order chi connectivity index (χ1) is 9.56. The highest BCUT2D eigenvalue weighted by Crippen LogP contribution is 2.15. The Morgan fingerprint density at radius 2 is 2.20 bits per heavy atom. The van der Waals surface area contributed by atoms with E-state index in [4.69, 9.17) is 11.6 Å². The normalized spacial score (nSPS) is 17.1. The van der Waals surface area contributed by atoms with Gasteiger partial charge in [0.15, 0.2) is 0 Å². The summed E-state index contributed by atoms with van der Waals surface area (Å²) in [5, 5.41) is 3.40. The van der Waals surface area contributed by atoms with E-state index in [2.05, 4.69) is 22.1 Å². The van der Waals surface area contributed by atoms with Gasteiger partial charge in [0, 0.05) is 25.0 Å². The molecule has 1 N–H and O–H groups in total. The molecule has 1 fully saturated rings. The molecule has 0 aliphatic carbocycles. The van der Waals surface area contributed by atoms with Gasteiger partial charge in [-0.25, -0.2) is 0 Å². The molecule has 1 amide bonds. The van der Waals surface area contributed by atoms with Crippen molar-refractivity contribution in [3.63, 3.8) is 0 Å². The molecule has 1 aromatic rings. The molecule has 1 atom stereocenters. The number of hydrogen-bond donors (Lipinski definition) is 1. The largest absolute Gasteiger partial charge is 0.352 e. The molecule has 1 aliphatic rings. The molecule has 1 unspecified atom stereocenters. The lowest BCUT2D eigenvalue weighted by atomic mass is 10.1. The molecule has 1 aromatic heterocycles. The van der Waals surface area contributed by atoms with E-state index < -0.39 is 0 Å². The number of hydrogen-bond acceptors (Lipinski definition) is 3. The molecule has 1 aliphatic heterocycles. The summed E-state index contributed by atoms with van der Waals surface area (Å²) in [6.45, 7) is 8.09. The molecule has 5 heteroatoms. The standard InChI is InChI=1S/C15H22ClN3O/c1-11(10-19-5-3-4-6-19)8-18-15(20)13-9-17-12(2)7-14(13)16/h7,9,11H,3-6,8,10H2,1-2H3,(H,18,20). The number of likely N-dealkylation sites (tertiary alicyclic amines) is 1. The molecule has 0 aromatic carbocycles. The summed E-state index contributed by atoms with van der Waals surface area (Å²) in [5.74, 6) is 0.296. The van der Waals surface area contributed by atoms with E-state index in [-0.39, 0.29) is 5.91 Å². The van der Waals surface area contributed by atoms with Gasteiger partial charge in [0.25, 0.3) is 5.91 Å². The van der Waals surface area contributed by atoms with Crippen molar-refractivity contribution in [2.45, 2.75) is 26.7 Å². The Bertz CT molecular complexity index is 472. The highest BCUT2D eigenvalue weighted by Gasteiger charge is 2.16. The Morgan fingerprint density at radius 1 is 1.50 bits per heavy atom. The van der Waals surface area contributed by atoms with Crippen LogP contribution in [-0.2, 0) is 0 Å². The van der Waals surface area contributed by atoms with E-state index in [0.717, 1.165) is 12.2 Å². The summed E-state index contributed by atoms with van der Waals surface area (Å²) in [6, 6.07) is 1.71. The molecule has 4 nitrogen and oxygen atoms in total. The Labute approximate surface area is 125 Å². The number of halogens is 1. The molecular formula is C15H22ClN3O. The number of nitrogens with one attached hydrogen (secondary N) is 1. The Balaban J connectivity index is 1.81. The van der Waals surface area contributed by atoms with Gasteiger partial charge in [0.05, 0.1) is 10.6 Å². The number of nitrogens with zero attached hydrogens (tertiary/aromatic N) is 2. The van der Waals surface area contributed by atoms with E-state index in [9.17, 15) is 4.79 Å². The highest BCUT2D eigenvalue weighted by molar-refractivity contribution is 6.33. The van der Waals surface area contributed by atoms with Crippen molar-refractivity contribution in [1.29, 1.82) is 0 Å². The van der Waals surface area contributed by atoms with Crippen molar-refractivity contribution in [2.24, 2.45) is 5.92 Å². The van der Waals surface area contributed by atoms with Crippen LogP contribution in [0.1, 0.15) is 35.8 Å². The average Bonchev–Trinajstić information content (AvgIpc) is 2.89. The van der Waals surface area contributed by atoms with Crippen LogP contribution in [0.5, 0.6) is 0 Å². The van der Waals surface area contributed by atoms with Crippen LogP contribution in [0.25, 0.3) is 0 Å². The first kappa shape index (κ1) is 15.3. The van der Waals surface area contributed by atoms with Crippen molar-refractivity contribution in [3.05, 3.63) is 28.5 Å². The first-order valence-electron chi connectivity index (χ1n) is 7.19. The first-order valence-corrected chi connectivity index (χ1v) is 7.56. The van der Waals surface area contributed by atoms with Crippen LogP contribution in [0.2, 0.25) is 5.02 Å². The maximum absolute atomic E-state index is 12.1. The van der Waals surface area contributed by atoms with Gasteiger partial charge >= 0.3 is 0 Å². The summed E-state index contributed by atoms with van der Waals surface area (Å²) < 4.78 is 0. The SMILES string of the molecule is Cc1cc(Cl)c(C(=O)NCC(C)CN2CCCC2)cn1. The topological polar surface area (TPSA) is 45.2 Å². The van der Waals surface area contributed by atoms with Gasteiger partial charge in [-0.15, -0.1) is 0 Å². The number of rotatable bonds is 5. The average molecular weight is 296 g/mol. The van der Waals surface area contributed by atoms with E-state index in [1.807, 2.05) is 6.92 Å². The summed E-state index contributed by atoms with van der Waals surface area (Å²) in [4.78, 5) is 18.6. The lowest BCUT2D eigenvalue weighted by Crippen LogP contribution is -2.34. The van der Waals surface area contributed by atoms with Crippen LogP contribution < -0.4 is 5.32 Å². The number of carbonyl (C=O) groups excluding carboxylic acids is 1. The molecule has 20 heavy (non-hydrogen) atoms. The van der Waals surface area contributed by atoms with Crippen molar-refractivity contribution in [1.82, 2.24) is 15.2 Å². The second kappa shape index (κ2) is 7.04. The smallest absolute Gasteiger partial charge is 0.254 e. The summed E-state index contributed by atoms with van der Waals surface area (Å²) in [6.07, 6.45) is 4.13. The van der Waals surface area contributed by atoms with Crippen molar-refractivity contribution < 1.29 is 4.79 Å². The predicted octanol–water partition coefficient (Wildman–Crippen LogP) is 2.51. The van der Waals surface area contributed by atoms with E-state index in [1.165, 1.54) is 32.1 Å². The molecule has 0 spiro atoms. The van der Waals surface area contributed by atoms with Gasteiger partial charge in [-0.2, -0.15) is 0 Å². The Hall–Kier alpha value is -1.13. The van der Waals surface area contributed by atoms with E-state index in [0.29, 0.717) is 23.0 Å². The maximum Gasteiger partial charge on any atom is 0.254 e. The zero-order chi connectivity index (χ0) is 14.5. The maximum atomic E-state index is 12.1. The number of aryl methyl sites for hydroxylation is 1. The van der Waals surface area contributed by atoms with Crippen LogP contribution in [0.15, 0.2) is 12.3 Å². The van der Waals surface area contributed by atoms with Gasteiger partial charge in [-0.1, -0.05) is 18.5 Å². The predicted molar refractivity (Wildman–Crippen MR) is 81.2 cm³/mol. The fourth-order valence-electron chi connectivity index (χ4n) is 2.53. The lowest BCUT2D eigenvalue weighted by molar-refractivity contribution is 0.0945. The van der Waals surface area contributed by atoms with E-state index in [1.54, 1.807) is 6.07 Å². The van der Waals surface area contributed by atoms with Crippen LogP contribution in [0.4, 0.5) is 0 Å². The van der Waals surface area contributed by atoms with Crippen LogP contribution >= 0.6 is 11.6 Å². The number of carbonyl (C=O) groups is 1. The number of aromatic nitrogens is 1. The van der Waals surface area contributed by atoms with Crippen LogP contribution in [0.3, 0.4) is 0 Å². The molecule has 0 saturated carbocycles. The minimum absolute atomic E-state index is 0.143. The molecule has 2 heterocycles. The van der Waals surface area contributed by atoms with Gasteiger partial charge in [0.2, 0.25) is 0 Å². The van der Waals surface area contributed by atoms with Gasteiger partial charge < -0.3 is 10.2 Å². The minimum Gasteiger partial charge on any atom is -0.352 e. The number of pyridine rings is 1. The molecule has 110 valence electrons. The quantitative estimate of drug-likeness (QED) is 0.908. The van der Waals surface area contributed by atoms with Gasteiger partial charge in [0.1, 0.15) is 0 Å². The summed E-state index contributed by atoms with van der Waals surface area (Å²) >= 11 is 6.07. The zero-order valence-electron chi connectivity index (χ0n) is 12.2. The number of amides is 1. The van der Waals surface area contributed by atoms with Crippen molar-refractivity contribution in [2.75, 3.05) is 26.2 Å². The van der Waals surface area contributed by atoms with Gasteiger partial charge in [-0.05, 0) is 44.8 Å². The molecule has 2 rings (SSSR count). The van der Waals surface area contributed by atoms with Crippen molar-refractivity contribution >= 4 is 17.5 Å². The third-order valence-electron chi connectivity index (χ3n) is 3.61. The fraction of sp³-hybridized carbons (Fsp3) is 0.600. The second-order valence-electron chi connectivity index (χ2n) is 5.63. The molecule has 1 saturated heterocycles. The summed E-state index contributed by atoms with van der Waals surface area (Å²) in [7, 11) is 0. The molecule has 0 radical (unpaired) electrons. The lowest BCUT2D eigenvalue weighted by Gasteiger charge is -2.20. The minimum atomic E-state index is -0.143. The summed E-state index contributed by atoms with van der Waals surface area (Å²) in [5.41, 5.74) is 1.26. The third-order valence-corrected chi connectivity index (χ3v) is 3.93. The van der Waals surface area contributed by atoms with Crippen molar-refractivity contribution in [3.8, 4) is 0 Å². The Kier molecular flexibility index (Phi) is 5.38. The molecule has 0 bridgehead atoms. The van der Waals surface area contributed by atoms with Gasteiger partial charge in [-0.3, -0.25) is 9.78 Å². The van der Waals surface area contributed by atoms with E-state index >= 15 is 0 Å². The zero-order valence-corrected chi connectivity index (χ0v) is 12.9. The Morgan fingerprint density at radius 3 is 2.85 bits per heavy atom. The monoisotopic (exact) mass is 295 g/mol. The fourth-order valence-corrected chi connectivity index (χ4v) is 2.82. The highest BCUT2D eigenvalue weighted by atomic mass is 35.5. The molecular weight excluding hydrogens is 274 g/mol. The van der Waals surface area contributed by atoms with Crippen LogP contribution in [-0.4, -0.2) is 42.0 Å². The van der Waals surface area contributed by atoms with Crippen LogP contribution in [0, 0.1) is 12.8 Å². The third kappa shape index (κ3) is 4.18. The second-order valence-corrected chi connectivity index (χ2v) is 6.04.